The van der Waals surface area contributed by atoms with Crippen molar-refractivity contribution < 1.29 is 24.0 Å². The van der Waals surface area contributed by atoms with Gasteiger partial charge in [-0.3, -0.25) is 24.0 Å². The topological polar surface area (TPSA) is 131 Å². The predicted octanol–water partition coefficient (Wildman–Crippen LogP) is 0.782. The largest absolute Gasteiger partial charge is 0.369 e. The number of nitrogens with one attached hydrogen (secondary N) is 3. The van der Waals surface area contributed by atoms with Crippen molar-refractivity contribution in [2.75, 3.05) is 44.2 Å². The fourth-order valence-electron chi connectivity index (χ4n) is 6.15. The van der Waals surface area contributed by atoms with Crippen molar-refractivity contribution in [1.29, 1.82) is 0 Å². The molecular formula is C30H44N6O5. The summed E-state index contributed by atoms with van der Waals surface area (Å²) in [6, 6.07) is 4.68. The molecule has 3 fully saturated rings. The lowest BCUT2D eigenvalue weighted by atomic mass is 10.0. The molecule has 1 aromatic rings. The maximum Gasteiger partial charge on any atom is 0.251 e. The van der Waals surface area contributed by atoms with Crippen LogP contribution in [0.3, 0.4) is 0 Å². The molecule has 3 aliphatic heterocycles. The predicted molar refractivity (Wildman–Crippen MR) is 155 cm³/mol. The van der Waals surface area contributed by atoms with Gasteiger partial charge >= 0.3 is 0 Å². The number of carbonyl (C=O) groups is 5. The zero-order valence-corrected chi connectivity index (χ0v) is 24.8. The number of piperazine rings is 1. The summed E-state index contributed by atoms with van der Waals surface area (Å²) < 4.78 is 0. The Hall–Kier alpha value is -3.47. The van der Waals surface area contributed by atoms with Crippen LogP contribution in [-0.2, 0) is 19.2 Å². The zero-order chi connectivity index (χ0) is 29.8. The SMILES string of the molecule is CC(=O)NC(C(=O)N1CC(=O)C2C1CCN2C(=O)C(CC(C)C)NC(=O)c1ccc(N2CCNCC2)cc1)C(C)C. The summed E-state index contributed by atoms with van der Waals surface area (Å²) in [5, 5.41) is 8.97. The molecule has 0 aromatic heterocycles. The zero-order valence-electron chi connectivity index (χ0n) is 24.8. The molecule has 41 heavy (non-hydrogen) atoms. The monoisotopic (exact) mass is 568 g/mol. The quantitative estimate of drug-likeness (QED) is 0.401. The van der Waals surface area contributed by atoms with Crippen LogP contribution in [0.1, 0.15) is 57.8 Å². The molecule has 3 saturated heterocycles. The molecule has 224 valence electrons. The first-order valence-electron chi connectivity index (χ1n) is 14.7. The summed E-state index contributed by atoms with van der Waals surface area (Å²) in [7, 11) is 0. The van der Waals surface area contributed by atoms with E-state index in [1.54, 1.807) is 17.0 Å². The van der Waals surface area contributed by atoms with Crippen LogP contribution in [-0.4, -0.2) is 103 Å². The number of anilines is 1. The molecule has 3 N–H and O–H groups in total. The summed E-state index contributed by atoms with van der Waals surface area (Å²) in [6.45, 7) is 12.9. The molecular weight excluding hydrogens is 524 g/mol. The smallest absolute Gasteiger partial charge is 0.251 e. The Kier molecular flexibility index (Phi) is 9.68. The van der Waals surface area contributed by atoms with Gasteiger partial charge < -0.3 is 30.7 Å². The van der Waals surface area contributed by atoms with Crippen molar-refractivity contribution in [3.05, 3.63) is 29.8 Å². The van der Waals surface area contributed by atoms with Gasteiger partial charge in [0, 0.05) is 50.9 Å². The number of likely N-dealkylation sites (tertiary alicyclic amines) is 2. The molecule has 0 bridgehead atoms. The average molecular weight is 569 g/mol. The Morgan fingerprint density at radius 2 is 1.59 bits per heavy atom. The van der Waals surface area contributed by atoms with Gasteiger partial charge in [-0.2, -0.15) is 0 Å². The Morgan fingerprint density at radius 1 is 0.927 bits per heavy atom. The summed E-state index contributed by atoms with van der Waals surface area (Å²) >= 11 is 0. The molecule has 4 amide bonds. The molecule has 0 aliphatic carbocycles. The van der Waals surface area contributed by atoms with Gasteiger partial charge in [0.1, 0.15) is 18.1 Å². The number of amides is 4. The van der Waals surface area contributed by atoms with Crippen LogP contribution >= 0.6 is 0 Å². The Labute approximate surface area is 242 Å². The van der Waals surface area contributed by atoms with E-state index in [9.17, 15) is 24.0 Å². The lowest BCUT2D eigenvalue weighted by Crippen LogP contribution is -2.54. The highest BCUT2D eigenvalue weighted by Crippen LogP contribution is 2.32. The summed E-state index contributed by atoms with van der Waals surface area (Å²) in [5.41, 5.74) is 1.52. The highest BCUT2D eigenvalue weighted by molar-refractivity contribution is 6.01. The number of carbonyl (C=O) groups excluding carboxylic acids is 5. The van der Waals surface area contributed by atoms with Crippen LogP contribution in [0.2, 0.25) is 0 Å². The number of benzene rings is 1. The lowest BCUT2D eigenvalue weighted by molar-refractivity contribution is -0.138. The van der Waals surface area contributed by atoms with Crippen LogP contribution in [0.25, 0.3) is 0 Å². The van der Waals surface area contributed by atoms with Gasteiger partial charge in [-0.05, 0) is 48.9 Å². The summed E-state index contributed by atoms with van der Waals surface area (Å²) in [6.07, 6.45) is 0.890. The minimum absolute atomic E-state index is 0.0958. The number of ketones is 1. The van der Waals surface area contributed by atoms with Gasteiger partial charge in [-0.15, -0.1) is 0 Å². The first kappa shape index (κ1) is 30.5. The van der Waals surface area contributed by atoms with E-state index in [2.05, 4.69) is 20.9 Å². The van der Waals surface area contributed by atoms with E-state index in [0.29, 0.717) is 24.9 Å². The van der Waals surface area contributed by atoms with Crippen LogP contribution in [0.4, 0.5) is 5.69 Å². The number of Topliss-reactive ketones (excluding diaryl/α,β-unsaturated/α-hetero) is 1. The van der Waals surface area contributed by atoms with Crippen LogP contribution < -0.4 is 20.9 Å². The number of rotatable bonds is 9. The second-order valence-electron chi connectivity index (χ2n) is 12.1. The minimum Gasteiger partial charge on any atom is -0.369 e. The minimum atomic E-state index is -0.797. The van der Waals surface area contributed by atoms with Crippen molar-refractivity contribution in [2.24, 2.45) is 11.8 Å². The first-order chi connectivity index (χ1) is 19.5. The third-order valence-corrected chi connectivity index (χ3v) is 8.20. The van der Waals surface area contributed by atoms with E-state index >= 15 is 0 Å². The molecule has 1 aromatic carbocycles. The van der Waals surface area contributed by atoms with Gasteiger partial charge in [0.05, 0.1) is 12.6 Å². The molecule has 11 heteroatoms. The normalized spacial score (nSPS) is 22.1. The highest BCUT2D eigenvalue weighted by atomic mass is 16.2. The second kappa shape index (κ2) is 13.0. The Bertz CT molecular complexity index is 1150. The summed E-state index contributed by atoms with van der Waals surface area (Å²) in [4.78, 5) is 70.7. The van der Waals surface area contributed by atoms with Gasteiger partial charge in [0.15, 0.2) is 5.78 Å². The maximum absolute atomic E-state index is 13.8. The van der Waals surface area contributed by atoms with Gasteiger partial charge in [0.2, 0.25) is 17.7 Å². The number of hydrogen-bond donors (Lipinski definition) is 3. The Morgan fingerprint density at radius 3 is 2.17 bits per heavy atom. The fourth-order valence-corrected chi connectivity index (χ4v) is 6.15. The number of hydrogen-bond acceptors (Lipinski definition) is 7. The van der Waals surface area contributed by atoms with Gasteiger partial charge in [-0.1, -0.05) is 27.7 Å². The van der Waals surface area contributed by atoms with E-state index in [4.69, 9.17) is 0 Å². The van der Waals surface area contributed by atoms with Crippen molar-refractivity contribution in [1.82, 2.24) is 25.8 Å². The Balaban J connectivity index is 1.46. The van der Waals surface area contributed by atoms with E-state index in [0.717, 1.165) is 31.9 Å². The molecule has 3 heterocycles. The lowest BCUT2D eigenvalue weighted by Gasteiger charge is -2.31. The molecule has 4 unspecified atom stereocenters. The molecule has 0 saturated carbocycles. The maximum atomic E-state index is 13.8. The van der Waals surface area contributed by atoms with Crippen molar-refractivity contribution in [2.45, 2.75) is 71.6 Å². The van der Waals surface area contributed by atoms with Crippen LogP contribution in [0, 0.1) is 11.8 Å². The third-order valence-electron chi connectivity index (χ3n) is 8.20. The van der Waals surface area contributed by atoms with Gasteiger partial charge in [-0.25, -0.2) is 0 Å². The third kappa shape index (κ3) is 6.89. The molecule has 4 atom stereocenters. The molecule has 3 aliphatic rings. The van der Waals surface area contributed by atoms with Crippen molar-refractivity contribution >= 4 is 35.1 Å². The van der Waals surface area contributed by atoms with Crippen molar-refractivity contribution in [3.63, 3.8) is 0 Å². The number of fused-ring (bicyclic) bond motifs is 1. The molecule has 4 rings (SSSR count). The van der Waals surface area contributed by atoms with Gasteiger partial charge in [0.25, 0.3) is 5.91 Å². The van der Waals surface area contributed by atoms with E-state index in [1.807, 2.05) is 39.8 Å². The van der Waals surface area contributed by atoms with E-state index in [1.165, 1.54) is 11.8 Å². The van der Waals surface area contributed by atoms with E-state index < -0.39 is 24.2 Å². The molecule has 11 nitrogen and oxygen atoms in total. The molecule has 0 radical (unpaired) electrons. The average Bonchev–Trinajstić information content (AvgIpc) is 3.52. The summed E-state index contributed by atoms with van der Waals surface area (Å²) in [5.74, 6) is -1.48. The van der Waals surface area contributed by atoms with Crippen LogP contribution in [0.5, 0.6) is 0 Å². The number of nitrogens with zero attached hydrogens (tertiary/aromatic N) is 3. The fraction of sp³-hybridized carbons (Fsp3) is 0.633. The highest BCUT2D eigenvalue weighted by Gasteiger charge is 2.53. The van der Waals surface area contributed by atoms with Crippen molar-refractivity contribution in [3.8, 4) is 0 Å². The second-order valence-corrected chi connectivity index (χ2v) is 12.1. The van der Waals surface area contributed by atoms with Crippen LogP contribution in [0.15, 0.2) is 24.3 Å². The first-order valence-corrected chi connectivity index (χ1v) is 14.7. The standard InChI is InChI=1S/C30H44N6O5/c1-18(2)16-23(33-28(39)21-6-8-22(9-7-21)34-14-11-31-12-15-34)29(40)35-13-10-24-27(35)25(38)17-36(24)30(41)26(19(3)4)32-20(5)37/h6-9,18-19,23-24,26-27,31H,10-17H2,1-5H3,(H,32,37)(H,33,39). The molecule has 0 spiro atoms. The van der Waals surface area contributed by atoms with E-state index in [-0.39, 0.29) is 47.8 Å².